The zero-order valence-electron chi connectivity index (χ0n) is 25.7. The van der Waals surface area contributed by atoms with Crippen LogP contribution in [0.4, 0.5) is 5.95 Å². The predicted molar refractivity (Wildman–Crippen MR) is 163 cm³/mol. The third kappa shape index (κ3) is 9.37. The lowest BCUT2D eigenvalue weighted by molar-refractivity contribution is -0.142. The van der Waals surface area contributed by atoms with E-state index in [4.69, 9.17) is 9.47 Å². The lowest BCUT2D eigenvalue weighted by Gasteiger charge is -2.30. The molecule has 1 fully saturated rings. The number of nitrogens with zero attached hydrogens (tertiary/aromatic N) is 5. The van der Waals surface area contributed by atoms with Gasteiger partial charge in [-0.2, -0.15) is 0 Å². The molecule has 5 rings (SSSR count). The van der Waals surface area contributed by atoms with E-state index < -0.39 is 29.8 Å². The van der Waals surface area contributed by atoms with Crippen molar-refractivity contribution in [2.45, 2.75) is 45.2 Å². The van der Waals surface area contributed by atoms with Crippen molar-refractivity contribution in [3.8, 4) is 5.75 Å². The van der Waals surface area contributed by atoms with Crippen molar-refractivity contribution in [1.82, 2.24) is 30.4 Å². The number of nitrogens with one attached hydrogen (secondary N) is 2. The monoisotopic (exact) mass is 609 g/mol. The van der Waals surface area contributed by atoms with Gasteiger partial charge in [0, 0.05) is 58.6 Å². The summed E-state index contributed by atoms with van der Waals surface area (Å²) < 4.78 is 10.9. The van der Waals surface area contributed by atoms with Crippen molar-refractivity contribution in [2.75, 3.05) is 64.5 Å². The minimum atomic E-state index is -0.854. The first-order chi connectivity index (χ1) is 21.2. The SMILES string of the molecule is COCCN1CC(=O)NC(C(=O)N2CCCN(c3ncccn3)CC2)Cc2ccc(cc2)OCC(=O)N[C@@H](CC(C)C)C1=O. The maximum Gasteiger partial charge on any atom is 0.258 e. The molecular formula is C31H43N7O6. The van der Waals surface area contributed by atoms with E-state index in [2.05, 4.69) is 25.5 Å². The largest absolute Gasteiger partial charge is 0.484 e. The molecule has 1 saturated heterocycles. The van der Waals surface area contributed by atoms with Crippen molar-refractivity contribution < 1.29 is 28.7 Å². The Morgan fingerprint density at radius 2 is 1.77 bits per heavy atom. The first-order valence-corrected chi connectivity index (χ1v) is 15.1. The summed E-state index contributed by atoms with van der Waals surface area (Å²) in [6, 6.07) is 7.15. The van der Waals surface area contributed by atoms with Crippen LogP contribution in [0.5, 0.6) is 5.75 Å². The minimum Gasteiger partial charge on any atom is -0.484 e. The highest BCUT2D eigenvalue weighted by atomic mass is 16.5. The van der Waals surface area contributed by atoms with Gasteiger partial charge in [-0.05, 0) is 42.5 Å². The highest BCUT2D eigenvalue weighted by molar-refractivity contribution is 5.93. The molecule has 13 heteroatoms. The second-order valence-electron chi connectivity index (χ2n) is 11.5. The number of rotatable bonds is 7. The smallest absolute Gasteiger partial charge is 0.258 e. The van der Waals surface area contributed by atoms with Crippen LogP contribution in [0.25, 0.3) is 0 Å². The molecule has 0 spiro atoms. The lowest BCUT2D eigenvalue weighted by Crippen LogP contribution is -2.55. The fourth-order valence-corrected chi connectivity index (χ4v) is 5.35. The molecule has 4 heterocycles. The predicted octanol–water partition coefficient (Wildman–Crippen LogP) is 0.641. The van der Waals surface area contributed by atoms with Gasteiger partial charge in [0.05, 0.1) is 13.2 Å². The Balaban J connectivity index is 1.57. The van der Waals surface area contributed by atoms with E-state index in [1.807, 2.05) is 26.0 Å². The number of benzene rings is 1. The van der Waals surface area contributed by atoms with Gasteiger partial charge in [-0.1, -0.05) is 26.0 Å². The molecule has 13 nitrogen and oxygen atoms in total. The summed E-state index contributed by atoms with van der Waals surface area (Å²) in [6.45, 7) is 5.94. The molecular weight excluding hydrogens is 566 g/mol. The van der Waals surface area contributed by atoms with Gasteiger partial charge in [0.25, 0.3) is 5.91 Å². The number of carbonyl (C=O) groups excluding carboxylic acids is 4. The van der Waals surface area contributed by atoms with Crippen LogP contribution in [0.2, 0.25) is 0 Å². The Bertz CT molecular complexity index is 1260. The molecule has 0 aliphatic carbocycles. The molecule has 1 aromatic carbocycles. The Kier molecular flexibility index (Phi) is 11.9. The van der Waals surface area contributed by atoms with Gasteiger partial charge in [-0.25, -0.2) is 9.97 Å². The topological polar surface area (TPSA) is 146 Å². The second-order valence-corrected chi connectivity index (χ2v) is 11.5. The summed E-state index contributed by atoms with van der Waals surface area (Å²) in [5.41, 5.74) is 0.811. The average molecular weight is 610 g/mol. The number of fused-ring (bicyclic) bond motifs is 13. The minimum absolute atomic E-state index is 0.0985. The van der Waals surface area contributed by atoms with Crippen LogP contribution >= 0.6 is 0 Å². The van der Waals surface area contributed by atoms with E-state index in [0.717, 1.165) is 12.0 Å². The highest BCUT2D eigenvalue weighted by Gasteiger charge is 2.32. The fourth-order valence-electron chi connectivity index (χ4n) is 5.35. The molecule has 0 saturated carbocycles. The summed E-state index contributed by atoms with van der Waals surface area (Å²) in [5, 5.41) is 5.70. The normalized spacial score (nSPS) is 20.6. The van der Waals surface area contributed by atoms with Crippen molar-refractivity contribution in [3.05, 3.63) is 48.3 Å². The van der Waals surface area contributed by atoms with Crippen molar-refractivity contribution in [2.24, 2.45) is 5.92 Å². The molecule has 2 bridgehead atoms. The van der Waals surface area contributed by atoms with E-state index >= 15 is 0 Å². The summed E-state index contributed by atoms with van der Waals surface area (Å²) in [6.07, 6.45) is 4.74. The Labute approximate surface area is 258 Å². The molecule has 3 aliphatic heterocycles. The van der Waals surface area contributed by atoms with E-state index in [9.17, 15) is 19.2 Å². The van der Waals surface area contributed by atoms with E-state index in [1.54, 1.807) is 35.5 Å². The van der Waals surface area contributed by atoms with Crippen LogP contribution in [0, 0.1) is 5.92 Å². The maximum absolute atomic E-state index is 14.0. The van der Waals surface area contributed by atoms with E-state index in [-0.39, 0.29) is 44.5 Å². The van der Waals surface area contributed by atoms with Crippen molar-refractivity contribution in [1.29, 1.82) is 0 Å². The van der Waals surface area contributed by atoms with E-state index in [0.29, 0.717) is 44.3 Å². The van der Waals surface area contributed by atoms with Gasteiger partial charge in [0.1, 0.15) is 17.8 Å². The van der Waals surface area contributed by atoms with Crippen molar-refractivity contribution in [3.63, 3.8) is 0 Å². The average Bonchev–Trinajstić information content (AvgIpc) is 3.28. The summed E-state index contributed by atoms with van der Waals surface area (Å²) >= 11 is 0. The molecule has 1 aromatic heterocycles. The molecule has 4 amide bonds. The number of methoxy groups -OCH3 is 1. The number of amides is 4. The van der Waals surface area contributed by atoms with Crippen LogP contribution in [0.1, 0.15) is 32.3 Å². The molecule has 2 atom stereocenters. The number of anilines is 1. The van der Waals surface area contributed by atoms with Gasteiger partial charge in [0.2, 0.25) is 23.7 Å². The molecule has 238 valence electrons. The summed E-state index contributed by atoms with van der Waals surface area (Å²) in [7, 11) is 1.51. The van der Waals surface area contributed by atoms with Crippen molar-refractivity contribution >= 4 is 29.6 Å². The first kappa shape index (κ1) is 32.6. The third-order valence-electron chi connectivity index (χ3n) is 7.56. The summed E-state index contributed by atoms with van der Waals surface area (Å²) in [4.78, 5) is 67.7. The molecule has 2 N–H and O–H groups in total. The zero-order chi connectivity index (χ0) is 31.5. The molecule has 44 heavy (non-hydrogen) atoms. The van der Waals surface area contributed by atoms with Crippen LogP contribution in [-0.4, -0.2) is 115 Å². The van der Waals surface area contributed by atoms with Gasteiger partial charge < -0.3 is 34.8 Å². The number of aromatic nitrogens is 2. The molecule has 1 unspecified atom stereocenters. The van der Waals surface area contributed by atoms with Crippen LogP contribution < -0.4 is 20.3 Å². The Hall–Kier alpha value is -4.26. The Morgan fingerprint density at radius 1 is 1.02 bits per heavy atom. The van der Waals surface area contributed by atoms with Crippen LogP contribution in [0.15, 0.2) is 42.7 Å². The number of hydrogen-bond donors (Lipinski definition) is 2. The van der Waals surface area contributed by atoms with Crippen LogP contribution in [0.3, 0.4) is 0 Å². The zero-order valence-corrected chi connectivity index (χ0v) is 25.7. The molecule has 0 radical (unpaired) electrons. The maximum atomic E-state index is 14.0. The molecule has 3 aliphatic rings. The van der Waals surface area contributed by atoms with Gasteiger partial charge in [-0.15, -0.1) is 0 Å². The third-order valence-corrected chi connectivity index (χ3v) is 7.56. The van der Waals surface area contributed by atoms with Gasteiger partial charge >= 0.3 is 0 Å². The second kappa shape index (κ2) is 16.0. The number of carbonyl (C=O) groups is 4. The van der Waals surface area contributed by atoms with E-state index in [1.165, 1.54) is 12.0 Å². The fraction of sp³-hybridized carbons (Fsp3) is 0.548. The number of hydrogen-bond acceptors (Lipinski definition) is 9. The van der Waals surface area contributed by atoms with Gasteiger partial charge in [-0.3, -0.25) is 19.2 Å². The Morgan fingerprint density at radius 3 is 2.48 bits per heavy atom. The number of ether oxygens (including phenoxy) is 2. The van der Waals surface area contributed by atoms with Gasteiger partial charge in [0.15, 0.2) is 6.61 Å². The lowest BCUT2D eigenvalue weighted by atomic mass is 10.0. The van der Waals surface area contributed by atoms with Crippen LogP contribution in [-0.2, 0) is 30.3 Å². The summed E-state index contributed by atoms with van der Waals surface area (Å²) in [5.74, 6) is -0.299. The quantitative estimate of drug-likeness (QED) is 0.432. The standard InChI is InChI=1S/C31H43N7O6/c1-22(2)18-25-30(42)38(16-17-43-3)20-27(39)34-26(19-23-6-8-24(9-7-23)44-21-28(40)35-25)29(41)36-12-5-13-37(15-14-36)31-32-10-4-11-33-31/h4,6-11,22,25-26H,5,12-21H2,1-3H3,(H,34,39)(H,35,40)/t25-,26?/m0/s1. The highest BCUT2D eigenvalue weighted by Crippen LogP contribution is 2.17. The first-order valence-electron chi connectivity index (χ1n) is 15.1. The molecule has 2 aromatic rings.